The van der Waals surface area contributed by atoms with E-state index in [-0.39, 0.29) is 5.75 Å². The van der Waals surface area contributed by atoms with Crippen LogP contribution < -0.4 is 0 Å². The second-order valence-electron chi connectivity index (χ2n) is 8.84. The van der Waals surface area contributed by atoms with Gasteiger partial charge in [-0.15, -0.1) is 5.10 Å². The Bertz CT molecular complexity index is 1170. The van der Waals surface area contributed by atoms with Crippen molar-refractivity contribution in [2.45, 2.75) is 56.7 Å². The number of hydrogen-bond acceptors (Lipinski definition) is 7. The maximum Gasteiger partial charge on any atom is 0.158 e. The topological polar surface area (TPSA) is 93.9 Å². The summed E-state index contributed by atoms with van der Waals surface area (Å²) >= 11 is 5.89. The van der Waals surface area contributed by atoms with E-state index in [1.54, 1.807) is 30.8 Å². The molecule has 0 spiro atoms. The Morgan fingerprint density at radius 2 is 1.85 bits per heavy atom. The third-order valence-corrected chi connectivity index (χ3v) is 8.34. The Hall–Kier alpha value is -2.36. The zero-order valence-electron chi connectivity index (χ0n) is 18.9. The lowest BCUT2D eigenvalue weighted by Gasteiger charge is -2.31. The molecule has 176 valence electrons. The summed E-state index contributed by atoms with van der Waals surface area (Å²) in [6, 6.07) is 9.45. The number of rotatable bonds is 8. The maximum atomic E-state index is 12.3. The van der Waals surface area contributed by atoms with Crippen LogP contribution in [0.15, 0.2) is 42.7 Å². The van der Waals surface area contributed by atoms with Crippen molar-refractivity contribution in [3.63, 3.8) is 0 Å². The molecule has 1 aliphatic rings. The summed E-state index contributed by atoms with van der Waals surface area (Å²) in [5, 5.41) is 8.75. The molecule has 0 saturated carbocycles. The van der Waals surface area contributed by atoms with Crippen molar-refractivity contribution in [1.29, 1.82) is 0 Å². The van der Waals surface area contributed by atoms with Crippen LogP contribution in [0.1, 0.15) is 55.4 Å². The Kier molecular flexibility index (Phi) is 7.41. The summed E-state index contributed by atoms with van der Waals surface area (Å²) in [6.45, 7) is 6.60. The molecule has 8 nitrogen and oxygen atoms in total. The first-order valence-corrected chi connectivity index (χ1v) is 13.3. The number of likely N-dealkylation sites (tertiary alicyclic amines) is 1. The van der Waals surface area contributed by atoms with Gasteiger partial charge < -0.3 is 0 Å². The minimum Gasteiger partial charge on any atom is -0.297 e. The molecule has 0 unspecified atom stereocenters. The molecule has 3 aromatic heterocycles. The van der Waals surface area contributed by atoms with E-state index in [0.717, 1.165) is 49.6 Å². The molecule has 0 aliphatic carbocycles. The average Bonchev–Trinajstić information content (AvgIpc) is 3.22. The molecule has 1 aliphatic heterocycles. The van der Waals surface area contributed by atoms with Crippen LogP contribution in [0.4, 0.5) is 0 Å². The van der Waals surface area contributed by atoms with E-state index >= 15 is 0 Å². The van der Waals surface area contributed by atoms with Gasteiger partial charge in [0, 0.05) is 24.4 Å². The van der Waals surface area contributed by atoms with Crippen molar-refractivity contribution in [1.82, 2.24) is 29.9 Å². The fraction of sp³-hybridized carbons (Fsp3) is 0.478. The van der Waals surface area contributed by atoms with E-state index in [4.69, 9.17) is 11.6 Å². The minimum atomic E-state index is -3.16. The highest BCUT2D eigenvalue weighted by molar-refractivity contribution is 7.91. The lowest BCUT2D eigenvalue weighted by atomic mass is 9.93. The van der Waals surface area contributed by atoms with E-state index in [9.17, 15) is 8.42 Å². The van der Waals surface area contributed by atoms with Gasteiger partial charge in [-0.3, -0.25) is 14.9 Å². The molecule has 0 N–H and O–H groups in total. The van der Waals surface area contributed by atoms with Gasteiger partial charge in [-0.2, -0.15) is 0 Å². The van der Waals surface area contributed by atoms with E-state index in [2.05, 4.69) is 25.2 Å². The van der Waals surface area contributed by atoms with Gasteiger partial charge in [0.1, 0.15) is 0 Å². The van der Waals surface area contributed by atoms with Crippen LogP contribution in [0.2, 0.25) is 5.02 Å². The zero-order chi connectivity index (χ0) is 23.4. The largest absolute Gasteiger partial charge is 0.297 e. The molecule has 4 rings (SSSR count). The minimum absolute atomic E-state index is 0.00144. The van der Waals surface area contributed by atoms with E-state index in [0.29, 0.717) is 23.2 Å². The number of sulfone groups is 1. The second-order valence-corrected chi connectivity index (χ2v) is 11.8. The van der Waals surface area contributed by atoms with Gasteiger partial charge in [-0.25, -0.2) is 13.1 Å². The Labute approximate surface area is 199 Å². The third-order valence-electron chi connectivity index (χ3n) is 5.99. The highest BCUT2D eigenvalue weighted by Gasteiger charge is 2.24. The van der Waals surface area contributed by atoms with Gasteiger partial charge in [-0.1, -0.05) is 22.9 Å². The van der Waals surface area contributed by atoms with Crippen molar-refractivity contribution in [2.75, 3.05) is 13.1 Å². The second kappa shape index (κ2) is 10.3. The van der Waals surface area contributed by atoms with Crippen LogP contribution in [0.25, 0.3) is 0 Å². The molecular weight excluding hydrogens is 460 g/mol. The highest BCUT2D eigenvalue weighted by Crippen LogP contribution is 2.27. The number of nitrogens with zero attached hydrogens (tertiary/aromatic N) is 6. The molecule has 0 aromatic carbocycles. The lowest BCUT2D eigenvalue weighted by molar-refractivity contribution is 0.201. The summed E-state index contributed by atoms with van der Waals surface area (Å²) in [6.07, 6.45) is 5.56. The van der Waals surface area contributed by atoms with Crippen molar-refractivity contribution in [3.05, 3.63) is 70.5 Å². The fourth-order valence-electron chi connectivity index (χ4n) is 3.95. The molecule has 1 saturated heterocycles. The molecule has 1 fully saturated rings. The SMILES string of the molecule is CC(C)S(=O)(=O)Cc1cccc(C2CCN(Cc3cn(Cc4ccc(Cl)cn4)nn3)CC2)n1. The number of piperidine rings is 1. The summed E-state index contributed by atoms with van der Waals surface area (Å²) in [5.74, 6) is 0.341. The summed E-state index contributed by atoms with van der Waals surface area (Å²) in [4.78, 5) is 11.4. The van der Waals surface area contributed by atoms with E-state index < -0.39 is 15.1 Å². The van der Waals surface area contributed by atoms with E-state index in [1.165, 1.54) is 0 Å². The summed E-state index contributed by atoms with van der Waals surface area (Å²) < 4.78 is 26.3. The Balaban J connectivity index is 1.30. The van der Waals surface area contributed by atoms with Crippen molar-refractivity contribution in [3.8, 4) is 0 Å². The number of hydrogen-bond donors (Lipinski definition) is 0. The molecule has 10 heteroatoms. The molecule has 3 aromatic rings. The van der Waals surface area contributed by atoms with Gasteiger partial charge in [0.15, 0.2) is 9.84 Å². The van der Waals surface area contributed by atoms with Crippen LogP contribution in [-0.4, -0.2) is 56.6 Å². The molecular formula is C23H29ClN6O2S. The van der Waals surface area contributed by atoms with Gasteiger partial charge in [-0.05, 0) is 64.0 Å². The fourth-order valence-corrected chi connectivity index (χ4v) is 4.97. The first-order chi connectivity index (χ1) is 15.8. The Morgan fingerprint density at radius 3 is 2.55 bits per heavy atom. The van der Waals surface area contributed by atoms with Gasteiger partial charge in [0.25, 0.3) is 0 Å². The maximum absolute atomic E-state index is 12.3. The monoisotopic (exact) mass is 488 g/mol. The zero-order valence-corrected chi connectivity index (χ0v) is 20.5. The molecule has 0 radical (unpaired) electrons. The standard InChI is InChI=1S/C23H29ClN6O2S/c1-17(2)33(31,32)16-21-4-3-5-23(26-21)18-8-10-29(11-9-18)13-22-15-30(28-27-22)14-20-7-6-19(24)12-25-20/h3-7,12,15,17-18H,8-11,13-14,16H2,1-2H3. The van der Waals surface area contributed by atoms with Gasteiger partial charge >= 0.3 is 0 Å². The Morgan fingerprint density at radius 1 is 1.06 bits per heavy atom. The molecule has 0 atom stereocenters. The number of halogens is 1. The highest BCUT2D eigenvalue weighted by atomic mass is 35.5. The predicted molar refractivity (Wildman–Crippen MR) is 128 cm³/mol. The van der Waals surface area contributed by atoms with Crippen molar-refractivity contribution < 1.29 is 8.42 Å². The molecule has 4 heterocycles. The normalized spacial score (nSPS) is 15.9. The van der Waals surface area contributed by atoms with Crippen LogP contribution >= 0.6 is 11.6 Å². The smallest absolute Gasteiger partial charge is 0.158 e. The van der Waals surface area contributed by atoms with Crippen LogP contribution in [0.3, 0.4) is 0 Å². The van der Waals surface area contributed by atoms with Crippen LogP contribution in [-0.2, 0) is 28.7 Å². The van der Waals surface area contributed by atoms with Gasteiger partial charge in [0.05, 0.1) is 45.8 Å². The van der Waals surface area contributed by atoms with E-state index in [1.807, 2.05) is 30.5 Å². The first kappa shape index (κ1) is 23.8. The number of pyridine rings is 2. The van der Waals surface area contributed by atoms with Crippen molar-refractivity contribution in [2.24, 2.45) is 0 Å². The lowest BCUT2D eigenvalue weighted by Crippen LogP contribution is -2.32. The first-order valence-electron chi connectivity index (χ1n) is 11.2. The van der Waals surface area contributed by atoms with Crippen molar-refractivity contribution >= 4 is 21.4 Å². The average molecular weight is 489 g/mol. The third kappa shape index (κ3) is 6.37. The predicted octanol–water partition coefficient (Wildman–Crippen LogP) is 3.47. The molecule has 0 bridgehead atoms. The summed E-state index contributed by atoms with van der Waals surface area (Å²) in [5.41, 5.74) is 3.44. The van der Waals surface area contributed by atoms with Crippen LogP contribution in [0, 0.1) is 0 Å². The number of aromatic nitrogens is 5. The van der Waals surface area contributed by atoms with Crippen LogP contribution in [0.5, 0.6) is 0 Å². The molecule has 0 amide bonds. The molecule has 33 heavy (non-hydrogen) atoms. The van der Waals surface area contributed by atoms with Gasteiger partial charge in [0.2, 0.25) is 0 Å². The summed E-state index contributed by atoms with van der Waals surface area (Å²) in [7, 11) is -3.16. The quantitative estimate of drug-likeness (QED) is 0.479.